The van der Waals surface area contributed by atoms with Gasteiger partial charge in [0, 0.05) is 11.6 Å². The summed E-state index contributed by atoms with van der Waals surface area (Å²) in [6, 6.07) is 20.0. The molecule has 0 radical (unpaired) electrons. The number of carbonyl (C=O) groups excluding carboxylic acids is 3. The van der Waals surface area contributed by atoms with Gasteiger partial charge in [0.05, 0.1) is 0 Å². The molecule has 0 bridgehead atoms. The van der Waals surface area contributed by atoms with E-state index in [2.05, 4.69) is 10.6 Å². The average molecular weight is 444 g/mol. The number of hydrogen-bond donors (Lipinski definition) is 3. The first kappa shape index (κ1) is 22.1. The number of nitrogens with zero attached hydrogens (tertiary/aromatic N) is 1. The fourth-order valence-electron chi connectivity index (χ4n) is 4.01. The lowest BCUT2D eigenvalue weighted by Gasteiger charge is -2.30. The summed E-state index contributed by atoms with van der Waals surface area (Å²) < 4.78 is 0. The van der Waals surface area contributed by atoms with Crippen LogP contribution in [0.1, 0.15) is 35.6 Å². The predicted octanol–water partition coefficient (Wildman–Crippen LogP) is 4.10. The van der Waals surface area contributed by atoms with Crippen LogP contribution < -0.4 is 10.6 Å². The lowest BCUT2D eigenvalue weighted by molar-refractivity contribution is -0.134. The van der Waals surface area contributed by atoms with Crippen molar-refractivity contribution >= 4 is 23.5 Å². The Morgan fingerprint density at radius 2 is 1.61 bits per heavy atom. The molecule has 1 aliphatic heterocycles. The number of phenols is 1. The van der Waals surface area contributed by atoms with E-state index < -0.39 is 35.8 Å². The van der Waals surface area contributed by atoms with Gasteiger partial charge in [0.25, 0.3) is 5.91 Å². The molecule has 3 atom stereocenters. The lowest BCUT2D eigenvalue weighted by atomic mass is 9.91. The summed E-state index contributed by atoms with van der Waals surface area (Å²) in [5.41, 5.74) is 2.99. The van der Waals surface area contributed by atoms with Gasteiger partial charge in [0.15, 0.2) is 0 Å². The second kappa shape index (κ2) is 9.16. The number of phenolic OH excluding ortho intramolecular Hbond substituents is 1. The monoisotopic (exact) mass is 443 g/mol. The molecule has 0 spiro atoms. The Hall–Kier alpha value is -4.13. The quantitative estimate of drug-likeness (QED) is 0.500. The zero-order valence-corrected chi connectivity index (χ0v) is 18.4. The molecule has 4 amide bonds. The Kier molecular flexibility index (Phi) is 6.13. The fourth-order valence-corrected chi connectivity index (χ4v) is 4.01. The van der Waals surface area contributed by atoms with Crippen LogP contribution in [0.3, 0.4) is 0 Å². The number of nitrogens with one attached hydrogen (secondary N) is 2. The van der Waals surface area contributed by atoms with Crippen LogP contribution >= 0.6 is 0 Å². The first-order valence-corrected chi connectivity index (χ1v) is 10.7. The maximum absolute atomic E-state index is 13.5. The zero-order valence-electron chi connectivity index (χ0n) is 18.4. The van der Waals surface area contributed by atoms with Crippen LogP contribution in [0.5, 0.6) is 5.75 Å². The number of hydrogen-bond acceptors (Lipinski definition) is 4. The van der Waals surface area contributed by atoms with Crippen LogP contribution in [0.4, 0.5) is 10.5 Å². The second-order valence-electron chi connectivity index (χ2n) is 8.18. The number of aromatic hydroxyl groups is 1. The van der Waals surface area contributed by atoms with Gasteiger partial charge in [-0.1, -0.05) is 67.1 Å². The molecule has 7 nitrogen and oxygen atoms in total. The van der Waals surface area contributed by atoms with Gasteiger partial charge in [-0.05, 0) is 42.3 Å². The van der Waals surface area contributed by atoms with E-state index in [1.165, 1.54) is 12.1 Å². The molecule has 0 aliphatic carbocycles. The molecular weight excluding hydrogens is 418 g/mol. The normalized spacial score (nSPS) is 17.4. The van der Waals surface area contributed by atoms with Crippen molar-refractivity contribution in [3.63, 3.8) is 0 Å². The summed E-state index contributed by atoms with van der Waals surface area (Å²) in [5.74, 6) is -1.37. The van der Waals surface area contributed by atoms with E-state index in [1.807, 2.05) is 56.3 Å². The minimum atomic E-state index is -1.07. The van der Waals surface area contributed by atoms with E-state index in [4.69, 9.17) is 0 Å². The third-order valence-electron chi connectivity index (χ3n) is 5.86. The summed E-state index contributed by atoms with van der Waals surface area (Å²) in [6.45, 7) is 3.77. The van der Waals surface area contributed by atoms with Crippen molar-refractivity contribution in [1.29, 1.82) is 0 Å². The lowest BCUT2D eigenvalue weighted by Crippen LogP contribution is -2.50. The Labute approximate surface area is 192 Å². The molecule has 0 saturated carbocycles. The number of aryl methyl sites for hydroxylation is 1. The van der Waals surface area contributed by atoms with E-state index >= 15 is 0 Å². The molecule has 1 fully saturated rings. The molecule has 7 heteroatoms. The molecule has 1 saturated heterocycles. The number of imide groups is 1. The summed E-state index contributed by atoms with van der Waals surface area (Å²) in [6.07, 6.45) is 0. The van der Waals surface area contributed by atoms with Gasteiger partial charge in [0.2, 0.25) is 5.91 Å². The van der Waals surface area contributed by atoms with Crippen LogP contribution in [0.15, 0.2) is 78.9 Å². The Balaban J connectivity index is 1.68. The number of urea groups is 1. The number of benzene rings is 3. The van der Waals surface area contributed by atoms with Crippen molar-refractivity contribution in [2.75, 3.05) is 5.32 Å². The zero-order chi connectivity index (χ0) is 23.5. The Morgan fingerprint density at radius 3 is 2.24 bits per heavy atom. The Bertz CT molecular complexity index is 1160. The van der Waals surface area contributed by atoms with Gasteiger partial charge in [-0.2, -0.15) is 0 Å². The molecular formula is C26H25N3O4. The molecule has 4 rings (SSSR count). The summed E-state index contributed by atoms with van der Waals surface area (Å²) in [4.78, 5) is 40.8. The van der Waals surface area contributed by atoms with Crippen molar-refractivity contribution < 1.29 is 19.5 Å². The van der Waals surface area contributed by atoms with Gasteiger partial charge in [-0.25, -0.2) is 9.69 Å². The summed E-state index contributed by atoms with van der Waals surface area (Å²) >= 11 is 0. The highest BCUT2D eigenvalue weighted by Crippen LogP contribution is 2.31. The van der Waals surface area contributed by atoms with Gasteiger partial charge < -0.3 is 15.7 Å². The maximum atomic E-state index is 13.5. The topological polar surface area (TPSA) is 98.7 Å². The molecule has 33 heavy (non-hydrogen) atoms. The Morgan fingerprint density at radius 1 is 0.970 bits per heavy atom. The van der Waals surface area contributed by atoms with Crippen LogP contribution in [0, 0.1) is 6.92 Å². The number of anilines is 1. The molecule has 1 heterocycles. The third-order valence-corrected chi connectivity index (χ3v) is 5.86. The van der Waals surface area contributed by atoms with E-state index in [0.29, 0.717) is 11.3 Å². The average Bonchev–Trinajstić information content (AvgIpc) is 3.10. The van der Waals surface area contributed by atoms with Gasteiger partial charge in [-0.15, -0.1) is 0 Å². The van der Waals surface area contributed by atoms with E-state index in [1.54, 1.807) is 24.3 Å². The van der Waals surface area contributed by atoms with Crippen LogP contribution in [-0.2, 0) is 9.59 Å². The SMILES string of the molecule is Cc1ccc(NC(=O)C(C(C)c2ccccc2)N2C(=O)N[C@H](c3ccc(O)cc3)C2=O)cc1. The molecule has 3 aromatic rings. The van der Waals surface area contributed by atoms with Gasteiger partial charge in [-0.3, -0.25) is 9.59 Å². The van der Waals surface area contributed by atoms with Crippen molar-refractivity contribution in [3.05, 3.63) is 95.6 Å². The number of rotatable bonds is 6. The summed E-state index contributed by atoms with van der Waals surface area (Å²) in [7, 11) is 0. The highest BCUT2D eigenvalue weighted by molar-refractivity contribution is 6.09. The molecule has 2 unspecified atom stereocenters. The first-order chi connectivity index (χ1) is 15.8. The smallest absolute Gasteiger partial charge is 0.325 e. The van der Waals surface area contributed by atoms with Crippen molar-refractivity contribution in [2.24, 2.45) is 0 Å². The van der Waals surface area contributed by atoms with Crippen molar-refractivity contribution in [3.8, 4) is 5.75 Å². The maximum Gasteiger partial charge on any atom is 0.325 e. The predicted molar refractivity (Wildman–Crippen MR) is 125 cm³/mol. The molecule has 3 aromatic carbocycles. The molecule has 168 valence electrons. The second-order valence-corrected chi connectivity index (χ2v) is 8.18. The standard InChI is InChI=1S/C26H25N3O4/c1-16-8-12-20(13-9-16)27-24(31)23(17(2)18-6-4-3-5-7-18)29-25(32)22(28-26(29)33)19-10-14-21(30)15-11-19/h3-15,17,22-23,30H,1-2H3,(H,27,31)(H,28,33)/t17?,22-,23?/m1/s1. The molecule has 1 aliphatic rings. The minimum Gasteiger partial charge on any atom is -0.508 e. The summed E-state index contributed by atoms with van der Waals surface area (Å²) in [5, 5.41) is 15.1. The van der Waals surface area contributed by atoms with Crippen LogP contribution in [0.25, 0.3) is 0 Å². The highest BCUT2D eigenvalue weighted by atomic mass is 16.3. The fraction of sp³-hybridized carbons (Fsp3) is 0.192. The number of carbonyl (C=O) groups is 3. The van der Waals surface area contributed by atoms with Crippen LogP contribution in [0.2, 0.25) is 0 Å². The van der Waals surface area contributed by atoms with Crippen molar-refractivity contribution in [2.45, 2.75) is 31.8 Å². The minimum absolute atomic E-state index is 0.0560. The molecule has 3 N–H and O–H groups in total. The highest BCUT2D eigenvalue weighted by Gasteiger charge is 2.47. The molecule has 0 aromatic heterocycles. The third kappa shape index (κ3) is 4.57. The van der Waals surface area contributed by atoms with Crippen molar-refractivity contribution in [1.82, 2.24) is 10.2 Å². The van der Waals surface area contributed by atoms with Gasteiger partial charge in [0.1, 0.15) is 17.8 Å². The largest absolute Gasteiger partial charge is 0.508 e. The number of amides is 4. The van der Waals surface area contributed by atoms with Gasteiger partial charge >= 0.3 is 6.03 Å². The van der Waals surface area contributed by atoms with E-state index in [-0.39, 0.29) is 5.75 Å². The van der Waals surface area contributed by atoms with E-state index in [9.17, 15) is 19.5 Å². The first-order valence-electron chi connectivity index (χ1n) is 10.7. The van der Waals surface area contributed by atoms with E-state index in [0.717, 1.165) is 16.0 Å². The van der Waals surface area contributed by atoms with Crippen LogP contribution in [-0.4, -0.2) is 33.9 Å².